The molecule has 0 aliphatic heterocycles. The van der Waals surface area contributed by atoms with E-state index in [9.17, 15) is 28.8 Å². The molecule has 10 N–H and O–H groups in total. The van der Waals surface area contributed by atoms with E-state index in [1.165, 1.54) is 0 Å². The molecule has 4 unspecified atom stereocenters. The van der Waals surface area contributed by atoms with Crippen LogP contribution in [0.3, 0.4) is 0 Å². The highest BCUT2D eigenvalue weighted by atomic mass is 32.1. The van der Waals surface area contributed by atoms with Crippen LogP contribution in [0.1, 0.15) is 33.1 Å². The van der Waals surface area contributed by atoms with E-state index in [1.54, 1.807) is 13.8 Å². The van der Waals surface area contributed by atoms with E-state index in [2.05, 4.69) is 23.3 Å². The summed E-state index contributed by atoms with van der Waals surface area (Å²) < 4.78 is 0. The highest BCUT2D eigenvalue weighted by Gasteiger charge is 2.31. The van der Waals surface area contributed by atoms with Gasteiger partial charge in [0.25, 0.3) is 0 Å². The van der Waals surface area contributed by atoms with Gasteiger partial charge in [-0.15, -0.1) is 0 Å². The number of primary amides is 2. The van der Waals surface area contributed by atoms with Crippen molar-refractivity contribution >= 4 is 48.1 Å². The number of carboxylic acids is 1. The molecule has 0 fully saturated rings. The van der Waals surface area contributed by atoms with Crippen molar-refractivity contribution in [3.05, 3.63) is 0 Å². The predicted molar refractivity (Wildman–Crippen MR) is 112 cm³/mol. The summed E-state index contributed by atoms with van der Waals surface area (Å²) in [7, 11) is 0. The van der Waals surface area contributed by atoms with Crippen LogP contribution in [-0.2, 0) is 28.8 Å². The summed E-state index contributed by atoms with van der Waals surface area (Å²) in [6, 6.07) is -5.29. The first kappa shape index (κ1) is 28.1. The first-order valence-electron chi connectivity index (χ1n) is 9.35. The highest BCUT2D eigenvalue weighted by molar-refractivity contribution is 7.80. The monoisotopic (exact) mass is 462 g/mol. The lowest BCUT2D eigenvalue weighted by atomic mass is 10.0. The summed E-state index contributed by atoms with van der Waals surface area (Å²) in [5.74, 6) is -6.00. The fourth-order valence-corrected chi connectivity index (χ4v) is 2.59. The van der Waals surface area contributed by atoms with Crippen molar-refractivity contribution in [2.45, 2.75) is 57.3 Å². The quantitative estimate of drug-likeness (QED) is 0.121. The summed E-state index contributed by atoms with van der Waals surface area (Å²) >= 11 is 3.92. The Morgan fingerprint density at radius 1 is 0.806 bits per heavy atom. The Bertz CT molecular complexity index is 702. The Balaban J connectivity index is 5.51. The molecule has 0 saturated carbocycles. The minimum absolute atomic E-state index is 0.0327. The van der Waals surface area contributed by atoms with Gasteiger partial charge in [0.2, 0.25) is 29.5 Å². The molecule has 0 aromatic heterocycles. The van der Waals surface area contributed by atoms with Crippen molar-refractivity contribution in [1.82, 2.24) is 16.0 Å². The number of nitrogens with one attached hydrogen (secondary N) is 3. The standard InChI is InChI=1S/C17H30N6O7S/c1-7(2)3-9(21-14(26)8(18)6-31)15(27)22-10(4-12(19)24)16(28)23-11(17(29)30)5-13(20)25/h7-11,31H,3-6,18H2,1-2H3,(H2,19,24)(H2,20,25)(H,21,26)(H,22,27)(H,23,28)(H,29,30). The van der Waals surface area contributed by atoms with Crippen LogP contribution in [-0.4, -0.2) is 70.5 Å². The van der Waals surface area contributed by atoms with E-state index in [4.69, 9.17) is 22.3 Å². The maximum atomic E-state index is 12.7. The van der Waals surface area contributed by atoms with Crippen molar-refractivity contribution in [2.75, 3.05) is 5.75 Å². The van der Waals surface area contributed by atoms with Crippen molar-refractivity contribution in [3.63, 3.8) is 0 Å². The summed E-state index contributed by atoms with van der Waals surface area (Å²) in [6.07, 6.45) is -1.17. The van der Waals surface area contributed by atoms with Gasteiger partial charge in [-0.3, -0.25) is 24.0 Å². The number of thiol groups is 1. The fraction of sp³-hybridized carbons (Fsp3) is 0.647. The zero-order valence-corrected chi connectivity index (χ0v) is 18.2. The smallest absolute Gasteiger partial charge is 0.326 e. The van der Waals surface area contributed by atoms with Crippen molar-refractivity contribution < 1.29 is 33.9 Å². The molecule has 0 aliphatic carbocycles. The highest BCUT2D eigenvalue weighted by Crippen LogP contribution is 2.07. The van der Waals surface area contributed by atoms with Gasteiger partial charge in [-0.05, 0) is 12.3 Å². The number of hydrogen-bond donors (Lipinski definition) is 8. The van der Waals surface area contributed by atoms with E-state index < -0.39 is 72.5 Å². The van der Waals surface area contributed by atoms with E-state index in [-0.39, 0.29) is 18.1 Å². The minimum Gasteiger partial charge on any atom is -0.480 e. The van der Waals surface area contributed by atoms with Crippen LogP contribution in [0.4, 0.5) is 0 Å². The van der Waals surface area contributed by atoms with Gasteiger partial charge in [0.1, 0.15) is 18.1 Å². The van der Waals surface area contributed by atoms with Gasteiger partial charge >= 0.3 is 5.97 Å². The lowest BCUT2D eigenvalue weighted by Gasteiger charge is -2.25. The molecule has 14 heteroatoms. The van der Waals surface area contributed by atoms with Gasteiger partial charge < -0.3 is 38.3 Å². The molecular weight excluding hydrogens is 432 g/mol. The van der Waals surface area contributed by atoms with Gasteiger partial charge in [0.15, 0.2) is 0 Å². The van der Waals surface area contributed by atoms with Gasteiger partial charge in [-0.1, -0.05) is 13.8 Å². The van der Waals surface area contributed by atoms with Gasteiger partial charge in [-0.25, -0.2) is 4.79 Å². The third kappa shape index (κ3) is 11.2. The van der Waals surface area contributed by atoms with Crippen LogP contribution in [0.5, 0.6) is 0 Å². The molecule has 0 aromatic rings. The van der Waals surface area contributed by atoms with Crippen LogP contribution in [0, 0.1) is 5.92 Å². The van der Waals surface area contributed by atoms with Crippen LogP contribution in [0.15, 0.2) is 0 Å². The van der Waals surface area contributed by atoms with E-state index >= 15 is 0 Å². The number of hydrogen-bond acceptors (Lipinski definition) is 8. The summed E-state index contributed by atoms with van der Waals surface area (Å²) in [4.78, 5) is 70.8. The zero-order valence-electron chi connectivity index (χ0n) is 17.3. The SMILES string of the molecule is CC(C)CC(NC(=O)C(N)CS)C(=O)NC(CC(N)=O)C(=O)NC(CC(N)=O)C(=O)O. The van der Waals surface area contributed by atoms with Crippen LogP contribution < -0.4 is 33.2 Å². The predicted octanol–water partition coefficient (Wildman–Crippen LogP) is -3.42. The minimum atomic E-state index is -1.67. The van der Waals surface area contributed by atoms with Gasteiger partial charge in [0, 0.05) is 5.75 Å². The first-order valence-corrected chi connectivity index (χ1v) is 9.98. The Labute approximate surface area is 184 Å². The molecule has 0 rings (SSSR count). The largest absolute Gasteiger partial charge is 0.480 e. The molecule has 5 amide bonds. The molecule has 0 spiro atoms. The maximum absolute atomic E-state index is 12.7. The van der Waals surface area contributed by atoms with Gasteiger partial charge in [-0.2, -0.15) is 12.6 Å². The summed E-state index contributed by atoms with van der Waals surface area (Å²) in [5, 5.41) is 15.9. The summed E-state index contributed by atoms with van der Waals surface area (Å²) in [6.45, 7) is 3.58. The number of carbonyl (C=O) groups excluding carboxylic acids is 5. The molecule has 0 radical (unpaired) electrons. The molecule has 13 nitrogen and oxygen atoms in total. The van der Waals surface area contributed by atoms with Crippen LogP contribution in [0.25, 0.3) is 0 Å². The molecular formula is C17H30N6O7S. The average molecular weight is 463 g/mol. The summed E-state index contributed by atoms with van der Waals surface area (Å²) in [5.41, 5.74) is 15.7. The Kier molecular flexibility index (Phi) is 12.2. The molecule has 0 aliphatic rings. The topological polar surface area (TPSA) is 237 Å². The lowest BCUT2D eigenvalue weighted by Crippen LogP contribution is -2.58. The van der Waals surface area contributed by atoms with Crippen molar-refractivity contribution in [1.29, 1.82) is 0 Å². The fourth-order valence-electron chi connectivity index (χ4n) is 2.42. The van der Waals surface area contributed by atoms with Crippen LogP contribution in [0.2, 0.25) is 0 Å². The Morgan fingerprint density at radius 3 is 1.65 bits per heavy atom. The number of nitrogens with two attached hydrogens (primary N) is 3. The Hall–Kier alpha value is -2.87. The number of aliphatic carboxylic acids is 1. The normalized spacial score (nSPS) is 14.6. The second-order valence-electron chi connectivity index (χ2n) is 7.28. The molecule has 176 valence electrons. The average Bonchev–Trinajstić information content (AvgIpc) is 2.64. The van der Waals surface area contributed by atoms with E-state index in [1.807, 2.05) is 5.32 Å². The van der Waals surface area contributed by atoms with Crippen molar-refractivity contribution in [2.24, 2.45) is 23.1 Å². The number of carboxylic acid groups (broad SMARTS) is 1. The molecule has 0 saturated heterocycles. The number of rotatable bonds is 14. The molecule has 0 heterocycles. The third-order valence-corrected chi connectivity index (χ3v) is 4.33. The molecule has 4 atom stereocenters. The van der Waals surface area contributed by atoms with Crippen LogP contribution >= 0.6 is 12.6 Å². The maximum Gasteiger partial charge on any atom is 0.326 e. The molecule has 0 aromatic carbocycles. The number of carbonyl (C=O) groups is 6. The van der Waals surface area contributed by atoms with Crippen molar-refractivity contribution in [3.8, 4) is 0 Å². The molecule has 0 bridgehead atoms. The third-order valence-electron chi connectivity index (χ3n) is 3.93. The lowest BCUT2D eigenvalue weighted by molar-refractivity contribution is -0.144. The zero-order chi connectivity index (χ0) is 24.3. The molecule has 31 heavy (non-hydrogen) atoms. The Morgan fingerprint density at radius 2 is 1.23 bits per heavy atom. The number of amides is 5. The van der Waals surface area contributed by atoms with E-state index in [0.717, 1.165) is 0 Å². The van der Waals surface area contributed by atoms with Gasteiger partial charge in [0.05, 0.1) is 18.9 Å². The second-order valence-corrected chi connectivity index (χ2v) is 7.65. The van der Waals surface area contributed by atoms with E-state index in [0.29, 0.717) is 0 Å². The second kappa shape index (κ2) is 13.4. The first-order chi connectivity index (χ1) is 14.3.